The molecule has 2 N–H and O–H groups in total. The Morgan fingerprint density at radius 3 is 2.75 bits per heavy atom. The maximum absolute atomic E-state index is 11.8. The minimum atomic E-state index is -0.259. The molecular formula is C15H18N2O3. The molecule has 0 radical (unpaired) electrons. The molecule has 0 atom stereocenters. The molecule has 2 aromatic rings. The third-order valence-electron chi connectivity index (χ3n) is 2.95. The fraction of sp³-hybridized carbons (Fsp3) is 0.333. The lowest BCUT2D eigenvalue weighted by Crippen LogP contribution is -2.24. The second-order valence-electron chi connectivity index (χ2n) is 4.63. The molecule has 0 fully saturated rings. The molecule has 0 aliphatic rings. The molecule has 1 heterocycles. The fourth-order valence-electron chi connectivity index (χ4n) is 1.77. The van der Waals surface area contributed by atoms with Gasteiger partial charge in [-0.25, -0.2) is 0 Å². The van der Waals surface area contributed by atoms with Crippen molar-refractivity contribution >= 4 is 5.91 Å². The predicted octanol–water partition coefficient (Wildman–Crippen LogP) is 2.15. The highest BCUT2D eigenvalue weighted by molar-refractivity contribution is 5.93. The third-order valence-corrected chi connectivity index (χ3v) is 2.95. The zero-order valence-electron chi connectivity index (χ0n) is 11.4. The summed E-state index contributed by atoms with van der Waals surface area (Å²) in [5, 5.41) is 15.2. The molecule has 1 amide bonds. The summed E-state index contributed by atoms with van der Waals surface area (Å²) in [6.07, 6.45) is 1.42. The first-order chi connectivity index (χ1) is 9.70. The summed E-state index contributed by atoms with van der Waals surface area (Å²) in [4.78, 5) is 11.8. The van der Waals surface area contributed by atoms with Gasteiger partial charge in [-0.3, -0.25) is 4.79 Å². The van der Waals surface area contributed by atoms with Crippen LogP contribution in [0.5, 0.6) is 0 Å². The summed E-state index contributed by atoms with van der Waals surface area (Å²) in [5.41, 5.74) is 2.32. The molecule has 0 saturated carbocycles. The third kappa shape index (κ3) is 3.68. The summed E-state index contributed by atoms with van der Waals surface area (Å²) in [6, 6.07) is 9.45. The standard InChI is InChI=1S/C15H18N2O3/c1-11-4-6-12(7-5-11)14-10-13(17-20-14)15(19)16-8-2-3-9-18/h4-7,10,18H,2-3,8-9H2,1H3,(H,16,19). The van der Waals surface area contributed by atoms with Gasteiger partial charge in [0.2, 0.25) is 0 Å². The molecule has 0 spiro atoms. The minimum Gasteiger partial charge on any atom is -0.396 e. The van der Waals surface area contributed by atoms with Crippen molar-refractivity contribution in [3.05, 3.63) is 41.6 Å². The van der Waals surface area contributed by atoms with E-state index in [1.165, 1.54) is 0 Å². The lowest BCUT2D eigenvalue weighted by molar-refractivity contribution is 0.0943. The quantitative estimate of drug-likeness (QED) is 0.791. The molecule has 2 rings (SSSR count). The average Bonchev–Trinajstić information content (AvgIpc) is 2.94. The van der Waals surface area contributed by atoms with Crippen LogP contribution in [0.3, 0.4) is 0 Å². The van der Waals surface area contributed by atoms with Crippen molar-refractivity contribution in [1.29, 1.82) is 0 Å². The van der Waals surface area contributed by atoms with Crippen LogP contribution in [0.1, 0.15) is 28.9 Å². The van der Waals surface area contributed by atoms with Crippen LogP contribution in [0.2, 0.25) is 0 Å². The van der Waals surface area contributed by atoms with Gasteiger partial charge in [-0.05, 0) is 19.8 Å². The van der Waals surface area contributed by atoms with Crippen LogP contribution in [0, 0.1) is 6.92 Å². The molecule has 5 heteroatoms. The van der Waals surface area contributed by atoms with Gasteiger partial charge in [0, 0.05) is 24.8 Å². The van der Waals surface area contributed by atoms with Crippen molar-refractivity contribution in [2.45, 2.75) is 19.8 Å². The molecule has 0 saturated heterocycles. The Morgan fingerprint density at radius 2 is 2.05 bits per heavy atom. The summed E-state index contributed by atoms with van der Waals surface area (Å²) < 4.78 is 5.19. The highest BCUT2D eigenvalue weighted by Gasteiger charge is 2.12. The molecule has 0 aliphatic heterocycles. The molecule has 0 unspecified atom stereocenters. The number of carbonyl (C=O) groups excluding carboxylic acids is 1. The molecule has 106 valence electrons. The van der Waals surface area contributed by atoms with E-state index in [-0.39, 0.29) is 18.2 Å². The van der Waals surface area contributed by atoms with Gasteiger partial charge in [0.05, 0.1) is 0 Å². The van der Waals surface area contributed by atoms with Gasteiger partial charge in [-0.1, -0.05) is 35.0 Å². The Balaban J connectivity index is 1.98. The van der Waals surface area contributed by atoms with Crippen molar-refractivity contribution in [3.8, 4) is 11.3 Å². The molecule has 20 heavy (non-hydrogen) atoms. The Bertz CT molecular complexity index is 561. The van der Waals surface area contributed by atoms with E-state index in [2.05, 4.69) is 10.5 Å². The SMILES string of the molecule is Cc1ccc(-c2cc(C(=O)NCCCCO)no2)cc1. The molecule has 0 aliphatic carbocycles. The Hall–Kier alpha value is -2.14. The van der Waals surface area contributed by atoms with E-state index < -0.39 is 0 Å². The van der Waals surface area contributed by atoms with E-state index in [0.717, 1.165) is 17.5 Å². The first kappa shape index (κ1) is 14.3. The number of aromatic nitrogens is 1. The van der Waals surface area contributed by atoms with E-state index in [1.54, 1.807) is 6.07 Å². The van der Waals surface area contributed by atoms with Crippen molar-refractivity contribution in [3.63, 3.8) is 0 Å². The van der Waals surface area contributed by atoms with E-state index in [9.17, 15) is 4.79 Å². The van der Waals surface area contributed by atoms with E-state index in [0.29, 0.717) is 18.7 Å². The van der Waals surface area contributed by atoms with Gasteiger partial charge in [0.25, 0.3) is 5.91 Å². The van der Waals surface area contributed by atoms with Crippen LogP contribution >= 0.6 is 0 Å². The molecule has 5 nitrogen and oxygen atoms in total. The number of rotatable bonds is 6. The molecule has 0 bridgehead atoms. The van der Waals surface area contributed by atoms with Crippen LogP contribution in [0.15, 0.2) is 34.9 Å². The fourth-order valence-corrected chi connectivity index (χ4v) is 1.77. The summed E-state index contributed by atoms with van der Waals surface area (Å²) >= 11 is 0. The van der Waals surface area contributed by atoms with Gasteiger partial charge in [-0.15, -0.1) is 0 Å². The zero-order chi connectivity index (χ0) is 14.4. The van der Waals surface area contributed by atoms with E-state index in [1.807, 2.05) is 31.2 Å². The Labute approximate surface area is 117 Å². The maximum Gasteiger partial charge on any atom is 0.273 e. The number of unbranched alkanes of at least 4 members (excludes halogenated alkanes) is 1. The van der Waals surface area contributed by atoms with Crippen molar-refractivity contribution in [2.24, 2.45) is 0 Å². The van der Waals surface area contributed by atoms with Crippen molar-refractivity contribution < 1.29 is 14.4 Å². The van der Waals surface area contributed by atoms with Gasteiger partial charge < -0.3 is 14.9 Å². The summed E-state index contributed by atoms with van der Waals surface area (Å²) in [7, 11) is 0. The number of benzene rings is 1. The van der Waals surface area contributed by atoms with Crippen molar-refractivity contribution in [1.82, 2.24) is 10.5 Å². The lowest BCUT2D eigenvalue weighted by Gasteiger charge is -2.00. The second kappa shape index (κ2) is 6.86. The molecular weight excluding hydrogens is 256 g/mol. The van der Waals surface area contributed by atoms with Gasteiger partial charge in [-0.2, -0.15) is 0 Å². The Kier molecular flexibility index (Phi) is 4.90. The topological polar surface area (TPSA) is 75.4 Å². The average molecular weight is 274 g/mol. The summed E-state index contributed by atoms with van der Waals surface area (Å²) in [6.45, 7) is 2.67. The van der Waals surface area contributed by atoms with Crippen molar-refractivity contribution in [2.75, 3.05) is 13.2 Å². The number of carbonyl (C=O) groups is 1. The largest absolute Gasteiger partial charge is 0.396 e. The van der Waals surface area contributed by atoms with Gasteiger partial charge in [0.15, 0.2) is 11.5 Å². The highest BCUT2D eigenvalue weighted by atomic mass is 16.5. The minimum absolute atomic E-state index is 0.136. The zero-order valence-corrected chi connectivity index (χ0v) is 11.4. The first-order valence-corrected chi connectivity index (χ1v) is 6.63. The van der Waals surface area contributed by atoms with E-state index in [4.69, 9.17) is 9.63 Å². The predicted molar refractivity (Wildman–Crippen MR) is 75.3 cm³/mol. The number of aliphatic hydroxyl groups excluding tert-OH is 1. The number of nitrogens with zero attached hydrogens (tertiary/aromatic N) is 1. The number of aliphatic hydroxyl groups is 1. The number of hydrogen-bond donors (Lipinski definition) is 2. The monoisotopic (exact) mass is 274 g/mol. The lowest BCUT2D eigenvalue weighted by atomic mass is 10.1. The number of amides is 1. The number of aryl methyl sites for hydroxylation is 1. The van der Waals surface area contributed by atoms with Crippen LogP contribution in [-0.2, 0) is 0 Å². The first-order valence-electron chi connectivity index (χ1n) is 6.63. The maximum atomic E-state index is 11.8. The van der Waals surface area contributed by atoms with Gasteiger partial charge >= 0.3 is 0 Å². The van der Waals surface area contributed by atoms with Crippen LogP contribution in [0.25, 0.3) is 11.3 Å². The second-order valence-corrected chi connectivity index (χ2v) is 4.63. The molecule has 1 aromatic carbocycles. The van der Waals surface area contributed by atoms with Crippen LogP contribution in [-0.4, -0.2) is 29.3 Å². The smallest absolute Gasteiger partial charge is 0.273 e. The van der Waals surface area contributed by atoms with Crippen LogP contribution < -0.4 is 5.32 Å². The normalized spacial score (nSPS) is 10.5. The Morgan fingerprint density at radius 1 is 1.30 bits per heavy atom. The highest BCUT2D eigenvalue weighted by Crippen LogP contribution is 2.20. The van der Waals surface area contributed by atoms with Crippen LogP contribution in [0.4, 0.5) is 0 Å². The number of hydrogen-bond acceptors (Lipinski definition) is 4. The number of nitrogens with one attached hydrogen (secondary N) is 1. The summed E-state index contributed by atoms with van der Waals surface area (Å²) in [5.74, 6) is 0.315. The van der Waals surface area contributed by atoms with E-state index >= 15 is 0 Å². The molecule has 1 aromatic heterocycles. The van der Waals surface area contributed by atoms with Gasteiger partial charge in [0.1, 0.15) is 0 Å².